The summed E-state index contributed by atoms with van der Waals surface area (Å²) in [5.74, 6) is 0.788. The van der Waals surface area contributed by atoms with Crippen molar-refractivity contribution < 1.29 is 14.1 Å². The summed E-state index contributed by atoms with van der Waals surface area (Å²) in [5, 5.41) is 5.95. The average molecular weight is 357 g/mol. The third-order valence-corrected chi connectivity index (χ3v) is 4.82. The van der Waals surface area contributed by atoms with Crippen molar-refractivity contribution in [3.05, 3.63) is 47.2 Å². The predicted molar refractivity (Wildman–Crippen MR) is 89.0 cm³/mol. The van der Waals surface area contributed by atoms with Gasteiger partial charge in [0.15, 0.2) is 6.10 Å². The van der Waals surface area contributed by atoms with Crippen LogP contribution in [0.1, 0.15) is 28.0 Å². The van der Waals surface area contributed by atoms with Gasteiger partial charge in [0.1, 0.15) is 6.33 Å². The summed E-state index contributed by atoms with van der Waals surface area (Å²) in [6.07, 6.45) is 2.53. The first kappa shape index (κ1) is 15.9. The second kappa shape index (κ2) is 6.69. The van der Waals surface area contributed by atoms with Gasteiger partial charge in [-0.05, 0) is 18.4 Å². The van der Waals surface area contributed by atoms with E-state index in [0.717, 1.165) is 4.88 Å². The summed E-state index contributed by atoms with van der Waals surface area (Å²) < 4.78 is 11.1. The third-order valence-electron chi connectivity index (χ3n) is 3.95. The second-order valence-corrected chi connectivity index (χ2v) is 6.51. The number of aryl methyl sites for hydroxylation is 1. The van der Waals surface area contributed by atoms with Crippen LogP contribution >= 0.6 is 11.3 Å². The molecule has 0 unspecified atom stereocenters. The Morgan fingerprint density at radius 2 is 2.36 bits per heavy atom. The molecule has 1 aliphatic heterocycles. The zero-order valence-electron chi connectivity index (χ0n) is 13.5. The summed E-state index contributed by atoms with van der Waals surface area (Å²) in [6.45, 7) is 3.03. The van der Waals surface area contributed by atoms with Gasteiger partial charge < -0.3 is 14.2 Å². The number of rotatable bonds is 3. The van der Waals surface area contributed by atoms with E-state index < -0.39 is 6.10 Å². The Bertz CT molecular complexity index is 880. The van der Waals surface area contributed by atoms with Gasteiger partial charge in [0.05, 0.1) is 29.3 Å². The number of carbonyl (C=O) groups is 1. The van der Waals surface area contributed by atoms with Crippen molar-refractivity contribution in [2.75, 3.05) is 19.7 Å². The van der Waals surface area contributed by atoms with Crippen LogP contribution in [-0.2, 0) is 4.74 Å². The van der Waals surface area contributed by atoms with Crippen molar-refractivity contribution in [2.45, 2.75) is 13.0 Å². The van der Waals surface area contributed by atoms with Crippen LogP contribution in [0.4, 0.5) is 0 Å². The molecule has 1 aliphatic rings. The highest BCUT2D eigenvalue weighted by Crippen LogP contribution is 2.26. The number of hydrogen-bond acceptors (Lipinski definition) is 8. The second-order valence-electron chi connectivity index (χ2n) is 5.57. The molecule has 0 spiro atoms. The molecule has 1 atom stereocenters. The lowest BCUT2D eigenvalue weighted by Crippen LogP contribution is -2.42. The zero-order valence-corrected chi connectivity index (χ0v) is 14.3. The fourth-order valence-electron chi connectivity index (χ4n) is 2.63. The molecule has 25 heavy (non-hydrogen) atoms. The van der Waals surface area contributed by atoms with Crippen molar-refractivity contribution in [3.8, 4) is 10.7 Å². The Kier molecular flexibility index (Phi) is 4.24. The van der Waals surface area contributed by atoms with E-state index in [1.54, 1.807) is 11.8 Å². The fourth-order valence-corrected chi connectivity index (χ4v) is 3.28. The molecule has 1 saturated heterocycles. The molecule has 3 aromatic rings. The maximum absolute atomic E-state index is 12.7. The highest BCUT2D eigenvalue weighted by molar-refractivity contribution is 7.13. The molecule has 3 aromatic heterocycles. The summed E-state index contributed by atoms with van der Waals surface area (Å²) >= 11 is 1.54. The predicted octanol–water partition coefficient (Wildman–Crippen LogP) is 2.11. The lowest BCUT2D eigenvalue weighted by molar-refractivity contribution is -0.0367. The Balaban J connectivity index is 1.51. The van der Waals surface area contributed by atoms with Gasteiger partial charge in [-0.15, -0.1) is 11.3 Å². The first-order valence-corrected chi connectivity index (χ1v) is 8.65. The van der Waals surface area contributed by atoms with Gasteiger partial charge in [-0.1, -0.05) is 11.2 Å². The molecule has 128 valence electrons. The molecule has 4 rings (SSSR count). The van der Waals surface area contributed by atoms with E-state index in [1.807, 2.05) is 17.5 Å². The highest BCUT2D eigenvalue weighted by Gasteiger charge is 2.30. The maximum Gasteiger partial charge on any atom is 0.257 e. The number of amides is 1. The lowest BCUT2D eigenvalue weighted by atomic mass is 10.2. The van der Waals surface area contributed by atoms with Gasteiger partial charge in [-0.2, -0.15) is 4.98 Å². The number of ether oxygens (including phenoxy) is 1. The lowest BCUT2D eigenvalue weighted by Gasteiger charge is -2.31. The van der Waals surface area contributed by atoms with Crippen LogP contribution < -0.4 is 0 Å². The molecule has 4 heterocycles. The monoisotopic (exact) mass is 357 g/mol. The van der Waals surface area contributed by atoms with Crippen LogP contribution in [0, 0.1) is 6.92 Å². The number of hydrogen-bond donors (Lipinski definition) is 0. The molecule has 9 heteroatoms. The molecule has 0 N–H and O–H groups in total. The highest BCUT2D eigenvalue weighted by atomic mass is 32.1. The standard InChI is InChI=1S/C16H15N5O3S/c1-10-11(7-17-9-18-10)16(22)21-4-5-23-12(8-21)15-19-14(20-24-15)13-3-2-6-25-13/h2-3,6-7,9,12H,4-5,8H2,1H3/t12-/m1/s1. The molecule has 1 fully saturated rings. The zero-order chi connectivity index (χ0) is 17.2. The fraction of sp³-hybridized carbons (Fsp3) is 0.312. The maximum atomic E-state index is 12.7. The molecule has 0 bridgehead atoms. The van der Waals surface area contributed by atoms with E-state index in [0.29, 0.717) is 42.7 Å². The van der Waals surface area contributed by atoms with Crippen molar-refractivity contribution in [1.82, 2.24) is 25.0 Å². The average Bonchev–Trinajstić information content (AvgIpc) is 3.33. The van der Waals surface area contributed by atoms with E-state index in [1.165, 1.54) is 23.9 Å². The minimum absolute atomic E-state index is 0.121. The minimum atomic E-state index is -0.441. The Morgan fingerprint density at radius 1 is 1.44 bits per heavy atom. The first-order valence-electron chi connectivity index (χ1n) is 7.77. The smallest absolute Gasteiger partial charge is 0.257 e. The molecule has 8 nitrogen and oxygen atoms in total. The Morgan fingerprint density at radius 3 is 3.16 bits per heavy atom. The first-order chi connectivity index (χ1) is 12.2. The van der Waals surface area contributed by atoms with Crippen molar-refractivity contribution in [3.63, 3.8) is 0 Å². The third kappa shape index (κ3) is 3.15. The van der Waals surface area contributed by atoms with Gasteiger partial charge in [0.2, 0.25) is 5.82 Å². The Labute approximate surface area is 147 Å². The van der Waals surface area contributed by atoms with Gasteiger partial charge in [0, 0.05) is 12.7 Å². The van der Waals surface area contributed by atoms with Crippen LogP contribution in [0.25, 0.3) is 10.7 Å². The molecular weight excluding hydrogens is 342 g/mol. The van der Waals surface area contributed by atoms with Crippen LogP contribution in [0.15, 0.2) is 34.6 Å². The largest absolute Gasteiger partial charge is 0.365 e. The summed E-state index contributed by atoms with van der Waals surface area (Å²) in [5.41, 5.74) is 1.15. The van der Waals surface area contributed by atoms with E-state index in [9.17, 15) is 4.79 Å². The van der Waals surface area contributed by atoms with E-state index in [2.05, 4.69) is 20.1 Å². The van der Waals surface area contributed by atoms with Crippen molar-refractivity contribution in [1.29, 1.82) is 0 Å². The SMILES string of the molecule is Cc1ncncc1C(=O)N1CCO[C@@H](c2nc(-c3cccs3)no2)C1. The molecule has 0 radical (unpaired) electrons. The number of morpholine rings is 1. The van der Waals surface area contributed by atoms with Gasteiger partial charge >= 0.3 is 0 Å². The molecule has 0 saturated carbocycles. The van der Waals surface area contributed by atoms with Crippen LogP contribution in [0.5, 0.6) is 0 Å². The normalized spacial score (nSPS) is 17.6. The van der Waals surface area contributed by atoms with Gasteiger partial charge in [-0.25, -0.2) is 9.97 Å². The van der Waals surface area contributed by atoms with Crippen molar-refractivity contribution in [2.24, 2.45) is 0 Å². The molecule has 1 amide bonds. The number of nitrogens with zero attached hydrogens (tertiary/aromatic N) is 5. The summed E-state index contributed by atoms with van der Waals surface area (Å²) in [6, 6.07) is 3.85. The number of aromatic nitrogens is 4. The van der Waals surface area contributed by atoms with E-state index in [-0.39, 0.29) is 5.91 Å². The van der Waals surface area contributed by atoms with Gasteiger partial charge in [0.25, 0.3) is 11.8 Å². The van der Waals surface area contributed by atoms with Crippen LogP contribution in [-0.4, -0.2) is 50.6 Å². The van der Waals surface area contributed by atoms with Gasteiger partial charge in [-0.3, -0.25) is 4.79 Å². The molecule has 0 aliphatic carbocycles. The molecular formula is C16H15N5O3S. The summed E-state index contributed by atoms with van der Waals surface area (Å²) in [7, 11) is 0. The number of thiophene rings is 1. The minimum Gasteiger partial charge on any atom is -0.365 e. The van der Waals surface area contributed by atoms with Crippen molar-refractivity contribution >= 4 is 17.2 Å². The van der Waals surface area contributed by atoms with E-state index in [4.69, 9.17) is 9.26 Å². The molecule has 0 aromatic carbocycles. The topological polar surface area (TPSA) is 94.2 Å². The quantitative estimate of drug-likeness (QED) is 0.708. The summed E-state index contributed by atoms with van der Waals surface area (Å²) in [4.78, 5) is 27.8. The number of carbonyl (C=O) groups excluding carboxylic acids is 1. The van der Waals surface area contributed by atoms with Crippen LogP contribution in [0.2, 0.25) is 0 Å². The van der Waals surface area contributed by atoms with E-state index >= 15 is 0 Å². The Hall–Kier alpha value is -2.65. The van der Waals surface area contributed by atoms with Crippen LogP contribution in [0.3, 0.4) is 0 Å².